The number of hydrogen-bond acceptors (Lipinski definition) is 7. The Morgan fingerprint density at radius 3 is 2.64 bits per heavy atom. The van der Waals surface area contributed by atoms with E-state index in [1.54, 1.807) is 22.4 Å². The summed E-state index contributed by atoms with van der Waals surface area (Å²) in [4.78, 5) is 28.6. The normalized spacial score (nSPS) is 11.6. The highest BCUT2D eigenvalue weighted by atomic mass is 32.1. The summed E-state index contributed by atoms with van der Waals surface area (Å²) in [5.41, 5.74) is 1.44. The topological polar surface area (TPSA) is 72.4 Å². The fraction of sp³-hybridized carbons (Fsp3) is 0.400. The van der Waals surface area contributed by atoms with Gasteiger partial charge in [0.15, 0.2) is 5.78 Å². The lowest BCUT2D eigenvalue weighted by molar-refractivity contribution is 0.0578. The first-order chi connectivity index (χ1) is 13.2. The van der Waals surface area contributed by atoms with Crippen LogP contribution in [0.1, 0.15) is 54.2 Å². The maximum absolute atomic E-state index is 13.0. The molecule has 0 fully saturated rings. The molecule has 0 saturated heterocycles. The van der Waals surface area contributed by atoms with E-state index in [-0.39, 0.29) is 5.78 Å². The number of fused-ring (bicyclic) bond motifs is 1. The molecule has 0 aliphatic carbocycles. The molecule has 3 rings (SSSR count). The molecule has 0 aromatic carbocycles. The Morgan fingerprint density at radius 1 is 1.29 bits per heavy atom. The number of hydrogen-bond donors (Lipinski definition) is 0. The van der Waals surface area contributed by atoms with Gasteiger partial charge < -0.3 is 4.74 Å². The van der Waals surface area contributed by atoms with Gasteiger partial charge in [-0.25, -0.2) is 4.79 Å². The minimum atomic E-state index is -0.626. The van der Waals surface area contributed by atoms with Gasteiger partial charge in [0.1, 0.15) is 11.1 Å². The van der Waals surface area contributed by atoms with E-state index in [0.29, 0.717) is 29.0 Å². The lowest BCUT2D eigenvalue weighted by Gasteiger charge is -2.27. The second-order valence-electron chi connectivity index (χ2n) is 7.39. The third-order valence-corrected chi connectivity index (χ3v) is 6.26. The van der Waals surface area contributed by atoms with Crippen LogP contribution in [0.25, 0.3) is 10.2 Å². The van der Waals surface area contributed by atoms with Crippen LogP contribution in [0, 0.1) is 6.92 Å². The first-order valence-electron chi connectivity index (χ1n) is 9.02. The summed E-state index contributed by atoms with van der Waals surface area (Å²) in [5, 5.41) is 10.3. The van der Waals surface area contributed by atoms with Gasteiger partial charge in [-0.05, 0) is 44.7 Å². The fourth-order valence-corrected chi connectivity index (χ4v) is 4.70. The Morgan fingerprint density at radius 2 is 2.04 bits per heavy atom. The van der Waals surface area contributed by atoms with E-state index < -0.39 is 11.7 Å². The van der Waals surface area contributed by atoms with Crippen molar-refractivity contribution in [2.24, 2.45) is 0 Å². The summed E-state index contributed by atoms with van der Waals surface area (Å²) in [5.74, 6) is 0.0634. The number of carbonyl (C=O) groups excluding carboxylic acids is 2. The van der Waals surface area contributed by atoms with Crippen LogP contribution in [0.15, 0.2) is 23.7 Å². The predicted molar refractivity (Wildman–Crippen MR) is 114 cm³/mol. The third-order valence-electron chi connectivity index (χ3n) is 4.06. The number of Topliss-reactive ketones (excluding diaryl/α,β-unsaturated/α-hetero) is 1. The summed E-state index contributed by atoms with van der Waals surface area (Å²) in [6, 6.07) is 3.92. The van der Waals surface area contributed by atoms with Crippen molar-refractivity contribution in [3.8, 4) is 0 Å². The molecule has 0 N–H and O–H groups in total. The van der Waals surface area contributed by atoms with E-state index in [9.17, 15) is 9.59 Å². The first-order valence-corrected chi connectivity index (χ1v) is 10.7. The Kier molecular flexibility index (Phi) is 5.81. The van der Waals surface area contributed by atoms with Gasteiger partial charge in [-0.1, -0.05) is 13.0 Å². The minimum absolute atomic E-state index is 0.0634. The number of anilines is 1. The average molecular weight is 418 g/mol. The van der Waals surface area contributed by atoms with Crippen LogP contribution < -0.4 is 4.90 Å². The molecule has 3 aromatic heterocycles. The Labute approximate surface area is 172 Å². The van der Waals surface area contributed by atoms with Crippen molar-refractivity contribution in [1.82, 2.24) is 10.2 Å². The second-order valence-corrected chi connectivity index (χ2v) is 9.44. The van der Waals surface area contributed by atoms with Crippen LogP contribution in [0.4, 0.5) is 10.5 Å². The van der Waals surface area contributed by atoms with Crippen molar-refractivity contribution in [3.05, 3.63) is 39.0 Å². The SMILES string of the molecule is CCC(=O)c1sc2c(N(Cc3cccs3)C(=O)OC(C)(C)C)cnnc2c1C. The summed E-state index contributed by atoms with van der Waals surface area (Å²) in [6.45, 7) is 9.58. The zero-order valence-electron chi connectivity index (χ0n) is 16.6. The van der Waals surface area contributed by atoms with Crippen LogP contribution in [0.5, 0.6) is 0 Å². The number of ether oxygens (including phenoxy) is 1. The predicted octanol–water partition coefficient (Wildman–Crippen LogP) is 5.60. The average Bonchev–Trinajstić information content (AvgIpc) is 3.25. The number of aryl methyl sites for hydroxylation is 1. The van der Waals surface area contributed by atoms with Gasteiger partial charge in [-0.2, -0.15) is 5.10 Å². The largest absolute Gasteiger partial charge is 0.443 e. The molecule has 148 valence electrons. The number of thiophene rings is 2. The van der Waals surface area contributed by atoms with E-state index in [0.717, 1.165) is 15.1 Å². The van der Waals surface area contributed by atoms with E-state index >= 15 is 0 Å². The number of amides is 1. The zero-order chi connectivity index (χ0) is 20.5. The second kappa shape index (κ2) is 7.97. The van der Waals surface area contributed by atoms with Crippen LogP contribution in [0.3, 0.4) is 0 Å². The molecular formula is C20H23N3O3S2. The molecule has 6 nitrogen and oxygen atoms in total. The van der Waals surface area contributed by atoms with Crippen molar-refractivity contribution in [3.63, 3.8) is 0 Å². The highest BCUT2D eigenvalue weighted by molar-refractivity contribution is 7.21. The summed E-state index contributed by atoms with van der Waals surface area (Å²) < 4.78 is 6.41. The van der Waals surface area contributed by atoms with E-state index in [2.05, 4.69) is 10.2 Å². The highest BCUT2D eigenvalue weighted by Gasteiger charge is 2.28. The molecule has 3 aromatic rings. The molecule has 0 spiro atoms. The molecule has 8 heteroatoms. The molecule has 28 heavy (non-hydrogen) atoms. The Hall–Kier alpha value is -2.32. The molecular weight excluding hydrogens is 394 g/mol. The quantitative estimate of drug-likeness (QED) is 0.506. The molecule has 0 unspecified atom stereocenters. The van der Waals surface area contributed by atoms with Gasteiger partial charge in [0.2, 0.25) is 0 Å². The van der Waals surface area contributed by atoms with E-state index in [4.69, 9.17) is 4.74 Å². The van der Waals surface area contributed by atoms with Crippen LogP contribution >= 0.6 is 22.7 Å². The molecule has 0 bridgehead atoms. The standard InChI is InChI=1S/C20H23N3O3S2/c1-6-15(24)17-12(2)16-18(28-17)14(10-21-22-16)23(11-13-8-7-9-27-13)19(25)26-20(3,4)5/h7-10H,6,11H2,1-5H3. The number of ketones is 1. The minimum Gasteiger partial charge on any atom is -0.443 e. The maximum Gasteiger partial charge on any atom is 0.415 e. The van der Waals surface area contributed by atoms with E-state index in [1.165, 1.54) is 11.3 Å². The monoisotopic (exact) mass is 417 g/mol. The van der Waals surface area contributed by atoms with Gasteiger partial charge in [0, 0.05) is 11.3 Å². The first kappa shape index (κ1) is 20.4. The van der Waals surface area contributed by atoms with Crippen molar-refractivity contribution < 1.29 is 14.3 Å². The molecule has 0 aliphatic heterocycles. The van der Waals surface area contributed by atoms with Crippen molar-refractivity contribution in [2.75, 3.05) is 4.90 Å². The lowest BCUT2D eigenvalue weighted by atomic mass is 10.1. The number of carbonyl (C=O) groups is 2. The summed E-state index contributed by atoms with van der Waals surface area (Å²) >= 11 is 2.93. The van der Waals surface area contributed by atoms with Crippen molar-refractivity contribution in [2.45, 2.75) is 53.2 Å². The molecule has 0 radical (unpaired) electrons. The van der Waals surface area contributed by atoms with Gasteiger partial charge in [0.25, 0.3) is 0 Å². The van der Waals surface area contributed by atoms with Gasteiger partial charge in [0.05, 0.1) is 28.0 Å². The lowest BCUT2D eigenvalue weighted by Crippen LogP contribution is -2.36. The van der Waals surface area contributed by atoms with E-state index in [1.807, 2.05) is 52.1 Å². The molecule has 0 saturated carbocycles. The zero-order valence-corrected chi connectivity index (χ0v) is 18.2. The van der Waals surface area contributed by atoms with Crippen molar-refractivity contribution in [1.29, 1.82) is 0 Å². The Balaban J connectivity index is 2.12. The third kappa shape index (κ3) is 4.23. The Bertz CT molecular complexity index is 1000. The van der Waals surface area contributed by atoms with Crippen LogP contribution in [-0.4, -0.2) is 27.7 Å². The van der Waals surface area contributed by atoms with Crippen molar-refractivity contribution >= 4 is 50.5 Å². The van der Waals surface area contributed by atoms with Crippen LogP contribution in [0.2, 0.25) is 0 Å². The molecule has 0 aliphatic rings. The number of rotatable bonds is 5. The van der Waals surface area contributed by atoms with Gasteiger partial charge in [-0.15, -0.1) is 27.8 Å². The number of nitrogens with zero attached hydrogens (tertiary/aromatic N) is 3. The maximum atomic E-state index is 13.0. The van der Waals surface area contributed by atoms with Gasteiger partial charge in [-0.3, -0.25) is 9.69 Å². The molecule has 0 atom stereocenters. The summed E-state index contributed by atoms with van der Waals surface area (Å²) in [7, 11) is 0. The van der Waals surface area contributed by atoms with Gasteiger partial charge >= 0.3 is 6.09 Å². The number of aromatic nitrogens is 2. The summed E-state index contributed by atoms with van der Waals surface area (Å²) in [6.07, 6.45) is 1.53. The molecule has 1 amide bonds. The smallest absolute Gasteiger partial charge is 0.415 e. The fourth-order valence-electron chi connectivity index (χ4n) is 2.74. The molecule has 3 heterocycles. The van der Waals surface area contributed by atoms with Crippen LogP contribution in [-0.2, 0) is 11.3 Å². The highest BCUT2D eigenvalue weighted by Crippen LogP contribution is 2.37.